The molecule has 0 N–H and O–H groups in total. The minimum absolute atomic E-state index is 0.0573. The molecule has 0 atom stereocenters. The van der Waals surface area contributed by atoms with E-state index in [1.54, 1.807) is 0 Å². The molecule has 0 heterocycles. The number of rotatable bonds is 2. The van der Waals surface area contributed by atoms with Crippen LogP contribution in [-0.2, 0) is 4.79 Å². The lowest BCUT2D eigenvalue weighted by Gasteiger charge is -2.19. The van der Waals surface area contributed by atoms with E-state index in [4.69, 9.17) is 12.2 Å². The minimum atomic E-state index is 0.0573. The van der Waals surface area contributed by atoms with Crippen LogP contribution in [0.5, 0.6) is 0 Å². The molecule has 0 saturated heterocycles. The lowest BCUT2D eigenvalue weighted by atomic mass is 10.6. The van der Waals surface area contributed by atoms with Gasteiger partial charge in [0.2, 0.25) is 0 Å². The Morgan fingerprint density at radius 3 is 2.18 bits per heavy atom. The van der Waals surface area contributed by atoms with Gasteiger partial charge < -0.3 is 4.90 Å². The summed E-state index contributed by atoms with van der Waals surface area (Å²) in [5.41, 5.74) is 0. The van der Waals surface area contributed by atoms with E-state index in [9.17, 15) is 4.79 Å². The SMILES string of the molecule is CCN(CC)C(=S)SC(C)=O. The maximum Gasteiger partial charge on any atom is 0.192 e. The van der Waals surface area contributed by atoms with E-state index < -0.39 is 0 Å². The molecule has 0 spiro atoms. The zero-order valence-electron chi connectivity index (χ0n) is 7.09. The van der Waals surface area contributed by atoms with Gasteiger partial charge in [-0.25, -0.2) is 0 Å². The Morgan fingerprint density at radius 1 is 1.45 bits per heavy atom. The second kappa shape index (κ2) is 5.55. The molecule has 0 rings (SSSR count). The summed E-state index contributed by atoms with van der Waals surface area (Å²) in [7, 11) is 0. The summed E-state index contributed by atoms with van der Waals surface area (Å²) < 4.78 is 0.683. The van der Waals surface area contributed by atoms with Crippen molar-refractivity contribution >= 4 is 33.4 Å². The topological polar surface area (TPSA) is 20.3 Å². The van der Waals surface area contributed by atoms with Gasteiger partial charge in [-0.15, -0.1) is 0 Å². The first-order valence-corrected chi connectivity index (χ1v) is 4.81. The molecular formula is C7H13NOS2. The van der Waals surface area contributed by atoms with Crippen LogP contribution in [0.1, 0.15) is 20.8 Å². The molecule has 64 valence electrons. The van der Waals surface area contributed by atoms with Crippen molar-refractivity contribution in [2.45, 2.75) is 20.8 Å². The summed E-state index contributed by atoms with van der Waals surface area (Å²) in [5.74, 6) is 0. The van der Waals surface area contributed by atoms with Gasteiger partial charge in [0.1, 0.15) is 4.32 Å². The minimum Gasteiger partial charge on any atom is -0.358 e. The third-order valence-electron chi connectivity index (χ3n) is 1.25. The van der Waals surface area contributed by atoms with Crippen molar-refractivity contribution in [3.8, 4) is 0 Å². The van der Waals surface area contributed by atoms with Gasteiger partial charge >= 0.3 is 0 Å². The highest BCUT2D eigenvalue weighted by Crippen LogP contribution is 2.09. The van der Waals surface area contributed by atoms with Crippen LogP contribution in [0, 0.1) is 0 Å². The molecule has 2 nitrogen and oxygen atoms in total. The van der Waals surface area contributed by atoms with E-state index in [-0.39, 0.29) is 5.12 Å². The predicted molar refractivity (Wildman–Crippen MR) is 53.8 cm³/mol. The molecular weight excluding hydrogens is 178 g/mol. The maximum absolute atomic E-state index is 10.6. The molecule has 0 fully saturated rings. The van der Waals surface area contributed by atoms with E-state index in [0.29, 0.717) is 4.32 Å². The van der Waals surface area contributed by atoms with E-state index in [0.717, 1.165) is 24.9 Å². The highest BCUT2D eigenvalue weighted by atomic mass is 32.2. The summed E-state index contributed by atoms with van der Waals surface area (Å²) in [6, 6.07) is 0. The Hall–Kier alpha value is -0.0900. The van der Waals surface area contributed by atoms with E-state index in [1.807, 2.05) is 18.7 Å². The molecule has 0 saturated carbocycles. The number of thioether (sulfide) groups is 1. The second-order valence-electron chi connectivity index (χ2n) is 2.03. The molecule has 0 aromatic heterocycles. The van der Waals surface area contributed by atoms with Gasteiger partial charge in [-0.05, 0) is 25.6 Å². The monoisotopic (exact) mass is 191 g/mol. The number of hydrogen-bond acceptors (Lipinski definition) is 3. The molecule has 0 unspecified atom stereocenters. The number of carbonyl (C=O) groups is 1. The van der Waals surface area contributed by atoms with Crippen molar-refractivity contribution in [3.63, 3.8) is 0 Å². The van der Waals surface area contributed by atoms with Crippen LogP contribution in [-0.4, -0.2) is 27.4 Å². The Labute approximate surface area is 77.3 Å². The number of hydrogen-bond donors (Lipinski definition) is 0. The zero-order valence-corrected chi connectivity index (χ0v) is 8.72. The summed E-state index contributed by atoms with van der Waals surface area (Å²) in [6.07, 6.45) is 0. The quantitative estimate of drug-likeness (QED) is 0.621. The van der Waals surface area contributed by atoms with Crippen molar-refractivity contribution in [3.05, 3.63) is 0 Å². The van der Waals surface area contributed by atoms with Gasteiger partial charge in [0.15, 0.2) is 5.12 Å². The molecule has 0 aromatic rings. The zero-order chi connectivity index (χ0) is 8.85. The van der Waals surface area contributed by atoms with Gasteiger partial charge in [-0.3, -0.25) is 4.79 Å². The molecule has 0 aliphatic heterocycles. The largest absolute Gasteiger partial charge is 0.358 e. The Morgan fingerprint density at radius 2 is 1.91 bits per heavy atom. The van der Waals surface area contributed by atoms with Crippen LogP contribution in [0.4, 0.5) is 0 Å². The number of carbonyl (C=O) groups excluding carboxylic acids is 1. The van der Waals surface area contributed by atoms with Crippen LogP contribution >= 0.6 is 24.0 Å². The highest BCUT2D eigenvalue weighted by molar-refractivity contribution is 8.32. The van der Waals surface area contributed by atoms with Gasteiger partial charge in [-0.1, -0.05) is 12.2 Å². The normalized spacial score (nSPS) is 9.36. The number of thiocarbonyl (C=S) groups is 1. The van der Waals surface area contributed by atoms with Gasteiger partial charge in [-0.2, -0.15) is 0 Å². The standard InChI is InChI=1S/C7H13NOS2/c1-4-8(5-2)7(10)11-6(3)9/h4-5H2,1-3H3. The van der Waals surface area contributed by atoms with Gasteiger partial charge in [0.25, 0.3) is 0 Å². The fraction of sp³-hybridized carbons (Fsp3) is 0.714. The summed E-state index contributed by atoms with van der Waals surface area (Å²) in [4.78, 5) is 12.6. The molecule has 4 heteroatoms. The summed E-state index contributed by atoms with van der Waals surface area (Å²) in [6.45, 7) is 7.32. The van der Waals surface area contributed by atoms with Crippen molar-refractivity contribution in [1.29, 1.82) is 0 Å². The first kappa shape index (κ1) is 10.9. The Bertz CT molecular complexity index is 155. The Kier molecular flexibility index (Phi) is 5.50. The lowest BCUT2D eigenvalue weighted by molar-refractivity contribution is -0.109. The molecule has 0 bridgehead atoms. The average molecular weight is 191 g/mol. The predicted octanol–water partition coefficient (Wildman–Crippen LogP) is 1.89. The van der Waals surface area contributed by atoms with Crippen molar-refractivity contribution in [2.75, 3.05) is 13.1 Å². The molecule has 0 aromatic carbocycles. The second-order valence-corrected chi connectivity index (χ2v) is 3.84. The van der Waals surface area contributed by atoms with Crippen LogP contribution < -0.4 is 0 Å². The smallest absolute Gasteiger partial charge is 0.192 e. The first-order chi connectivity index (χ1) is 5.11. The molecule has 0 amide bonds. The van der Waals surface area contributed by atoms with E-state index in [2.05, 4.69) is 0 Å². The van der Waals surface area contributed by atoms with Crippen LogP contribution in [0.2, 0.25) is 0 Å². The van der Waals surface area contributed by atoms with Crippen molar-refractivity contribution in [2.24, 2.45) is 0 Å². The lowest BCUT2D eigenvalue weighted by Crippen LogP contribution is -2.27. The highest BCUT2D eigenvalue weighted by Gasteiger charge is 2.07. The molecule has 0 aliphatic carbocycles. The van der Waals surface area contributed by atoms with Crippen molar-refractivity contribution in [1.82, 2.24) is 4.90 Å². The molecule has 11 heavy (non-hydrogen) atoms. The summed E-state index contributed by atoms with van der Waals surface area (Å²) >= 11 is 6.15. The number of nitrogens with zero attached hydrogens (tertiary/aromatic N) is 1. The fourth-order valence-electron chi connectivity index (χ4n) is 0.669. The maximum atomic E-state index is 10.6. The van der Waals surface area contributed by atoms with Crippen LogP contribution in [0.25, 0.3) is 0 Å². The van der Waals surface area contributed by atoms with E-state index >= 15 is 0 Å². The summed E-state index contributed by atoms with van der Waals surface area (Å²) in [5, 5.41) is 0.0573. The van der Waals surface area contributed by atoms with Gasteiger partial charge in [0, 0.05) is 20.0 Å². The van der Waals surface area contributed by atoms with Crippen LogP contribution in [0.3, 0.4) is 0 Å². The van der Waals surface area contributed by atoms with Crippen LogP contribution in [0.15, 0.2) is 0 Å². The third kappa shape index (κ3) is 4.37. The third-order valence-corrected chi connectivity index (χ3v) is 2.48. The fourth-order valence-corrected chi connectivity index (χ4v) is 1.91. The van der Waals surface area contributed by atoms with Crippen molar-refractivity contribution < 1.29 is 4.79 Å². The molecule has 0 aliphatic rings. The average Bonchev–Trinajstić information content (AvgIpc) is 1.88. The van der Waals surface area contributed by atoms with E-state index in [1.165, 1.54) is 6.92 Å². The van der Waals surface area contributed by atoms with Gasteiger partial charge in [0.05, 0.1) is 0 Å². The molecule has 0 radical (unpaired) electrons. The first-order valence-electron chi connectivity index (χ1n) is 3.59. The Balaban J connectivity index is 3.89.